The molecule has 1 heterocycles. The Morgan fingerprint density at radius 3 is 2.37 bits per heavy atom. The van der Waals surface area contributed by atoms with Gasteiger partial charge in [-0.05, 0) is 30.3 Å². The average Bonchev–Trinajstić information content (AvgIpc) is 2.26. The van der Waals surface area contributed by atoms with E-state index in [1.165, 1.54) is 12.1 Å². The molecule has 2 aromatic rings. The van der Waals surface area contributed by atoms with Gasteiger partial charge in [-0.1, -0.05) is 11.6 Å². The highest BCUT2D eigenvalue weighted by Crippen LogP contribution is 2.33. The molecule has 7 heteroatoms. The minimum Gasteiger partial charge on any atom is -0.384 e. The Morgan fingerprint density at radius 1 is 1.11 bits per heavy atom. The first kappa shape index (κ1) is 13.6. The molecule has 0 fully saturated rings. The van der Waals surface area contributed by atoms with Crippen molar-refractivity contribution in [3.05, 3.63) is 46.7 Å². The number of rotatable bonds is 1. The van der Waals surface area contributed by atoms with Gasteiger partial charge in [0.25, 0.3) is 0 Å². The van der Waals surface area contributed by atoms with E-state index in [0.717, 1.165) is 12.1 Å². The van der Waals surface area contributed by atoms with Gasteiger partial charge in [-0.2, -0.15) is 13.2 Å². The predicted molar refractivity (Wildman–Crippen MR) is 64.1 cm³/mol. The summed E-state index contributed by atoms with van der Waals surface area (Å²) in [6, 6.07) is 5.03. The van der Waals surface area contributed by atoms with E-state index in [-0.39, 0.29) is 22.1 Å². The third-order valence-corrected chi connectivity index (χ3v) is 2.61. The number of hydrogen-bond donors (Lipinski definition) is 1. The molecule has 0 amide bonds. The summed E-state index contributed by atoms with van der Waals surface area (Å²) >= 11 is 5.57. The molecule has 0 saturated heterocycles. The van der Waals surface area contributed by atoms with Crippen LogP contribution < -0.4 is 5.73 Å². The van der Waals surface area contributed by atoms with E-state index in [9.17, 15) is 17.6 Å². The molecule has 1 aromatic carbocycles. The molecule has 0 saturated carbocycles. The summed E-state index contributed by atoms with van der Waals surface area (Å²) < 4.78 is 51.5. The molecule has 2 rings (SSSR count). The van der Waals surface area contributed by atoms with E-state index >= 15 is 0 Å². The molecular weight excluding hydrogens is 284 g/mol. The summed E-state index contributed by atoms with van der Waals surface area (Å²) in [6.07, 6.45) is -4.57. The molecule has 2 nitrogen and oxygen atoms in total. The molecule has 19 heavy (non-hydrogen) atoms. The smallest absolute Gasteiger partial charge is 0.384 e. The van der Waals surface area contributed by atoms with Crippen LogP contribution >= 0.6 is 11.6 Å². The van der Waals surface area contributed by atoms with Gasteiger partial charge in [0, 0.05) is 10.6 Å². The third-order valence-electron chi connectivity index (χ3n) is 2.38. The minimum atomic E-state index is -4.57. The van der Waals surface area contributed by atoms with Crippen molar-refractivity contribution < 1.29 is 17.6 Å². The van der Waals surface area contributed by atoms with E-state index in [0.29, 0.717) is 6.07 Å². The quantitative estimate of drug-likeness (QED) is 0.802. The van der Waals surface area contributed by atoms with Gasteiger partial charge in [0.05, 0.1) is 11.3 Å². The summed E-state index contributed by atoms with van der Waals surface area (Å²) in [7, 11) is 0. The lowest BCUT2D eigenvalue weighted by molar-refractivity contribution is -0.137. The van der Waals surface area contributed by atoms with Crippen molar-refractivity contribution in [3.63, 3.8) is 0 Å². The van der Waals surface area contributed by atoms with Crippen LogP contribution in [0.3, 0.4) is 0 Å². The maximum atomic E-state index is 13.6. The number of pyridine rings is 1. The van der Waals surface area contributed by atoms with Crippen LogP contribution in [0.1, 0.15) is 5.56 Å². The molecular formula is C12H7ClF4N2. The average molecular weight is 291 g/mol. The van der Waals surface area contributed by atoms with Gasteiger partial charge in [-0.15, -0.1) is 0 Å². The van der Waals surface area contributed by atoms with Gasteiger partial charge < -0.3 is 5.73 Å². The Kier molecular flexibility index (Phi) is 3.36. The molecule has 100 valence electrons. The van der Waals surface area contributed by atoms with Gasteiger partial charge in [-0.3, -0.25) is 0 Å². The SMILES string of the molecule is Nc1cc(C(F)(F)F)cc(-c2ccc(Cl)cc2F)n1. The standard InChI is InChI=1S/C12H7ClF4N2/c13-7-1-2-8(9(14)5-7)10-3-6(12(15,16)17)4-11(18)19-10/h1-5H,(H2,18,19). The topological polar surface area (TPSA) is 38.9 Å². The lowest BCUT2D eigenvalue weighted by atomic mass is 10.1. The maximum absolute atomic E-state index is 13.6. The van der Waals surface area contributed by atoms with Crippen LogP contribution in [0.2, 0.25) is 5.02 Å². The highest BCUT2D eigenvalue weighted by atomic mass is 35.5. The number of benzene rings is 1. The summed E-state index contributed by atoms with van der Waals surface area (Å²) in [4.78, 5) is 3.70. The Labute approximate surface area is 110 Å². The van der Waals surface area contributed by atoms with Crippen molar-refractivity contribution in [1.29, 1.82) is 0 Å². The number of nitrogens with two attached hydrogens (primary N) is 1. The summed E-state index contributed by atoms with van der Waals surface area (Å²) in [5.41, 5.74) is 4.04. The number of aromatic nitrogens is 1. The van der Waals surface area contributed by atoms with Crippen molar-refractivity contribution in [2.24, 2.45) is 0 Å². The second kappa shape index (κ2) is 4.70. The lowest BCUT2D eigenvalue weighted by Crippen LogP contribution is -2.07. The molecule has 0 unspecified atom stereocenters. The maximum Gasteiger partial charge on any atom is 0.416 e. The second-order valence-electron chi connectivity index (χ2n) is 3.79. The number of nitrogen functional groups attached to an aromatic ring is 1. The zero-order valence-corrected chi connectivity index (χ0v) is 10.1. The highest BCUT2D eigenvalue weighted by molar-refractivity contribution is 6.30. The first-order valence-corrected chi connectivity index (χ1v) is 5.45. The van der Waals surface area contributed by atoms with E-state index in [1.807, 2.05) is 0 Å². The van der Waals surface area contributed by atoms with Crippen LogP contribution in [0.25, 0.3) is 11.3 Å². The molecule has 0 aliphatic carbocycles. The zero-order chi connectivity index (χ0) is 14.2. The lowest BCUT2D eigenvalue weighted by Gasteiger charge is -2.10. The van der Waals surface area contributed by atoms with Crippen LogP contribution in [0.15, 0.2) is 30.3 Å². The van der Waals surface area contributed by atoms with E-state index in [2.05, 4.69) is 4.98 Å². The number of nitrogens with zero attached hydrogens (tertiary/aromatic N) is 1. The molecule has 0 atom stereocenters. The number of halogens is 5. The second-order valence-corrected chi connectivity index (χ2v) is 4.22. The van der Waals surface area contributed by atoms with E-state index in [4.69, 9.17) is 17.3 Å². The van der Waals surface area contributed by atoms with Gasteiger partial charge in [0.15, 0.2) is 0 Å². The molecule has 2 N–H and O–H groups in total. The molecule has 0 aliphatic heterocycles. The molecule has 0 aliphatic rings. The molecule has 0 radical (unpaired) electrons. The van der Waals surface area contributed by atoms with Crippen LogP contribution in [-0.2, 0) is 6.18 Å². The Balaban J connectivity index is 2.59. The molecule has 0 spiro atoms. The first-order valence-electron chi connectivity index (χ1n) is 5.07. The molecule has 0 bridgehead atoms. The predicted octanol–water partition coefficient (Wildman–Crippen LogP) is 4.14. The summed E-state index contributed by atoms with van der Waals surface area (Å²) in [5.74, 6) is -1.10. The van der Waals surface area contributed by atoms with Crippen LogP contribution in [0.4, 0.5) is 23.4 Å². The highest BCUT2D eigenvalue weighted by Gasteiger charge is 2.31. The minimum absolute atomic E-state index is 0.0952. The van der Waals surface area contributed by atoms with Gasteiger partial charge in [-0.25, -0.2) is 9.37 Å². The number of alkyl halides is 3. The Morgan fingerprint density at radius 2 is 1.79 bits per heavy atom. The number of anilines is 1. The summed E-state index contributed by atoms with van der Waals surface area (Å²) in [5, 5.41) is 0.140. The Bertz CT molecular complexity index is 626. The largest absolute Gasteiger partial charge is 0.416 e. The van der Waals surface area contributed by atoms with Crippen molar-refractivity contribution in [2.75, 3.05) is 5.73 Å². The number of hydrogen-bond acceptors (Lipinski definition) is 2. The molecule has 1 aromatic heterocycles. The van der Waals surface area contributed by atoms with Crippen LogP contribution in [-0.4, -0.2) is 4.98 Å². The van der Waals surface area contributed by atoms with Crippen molar-refractivity contribution in [1.82, 2.24) is 4.98 Å². The fourth-order valence-electron chi connectivity index (χ4n) is 1.55. The van der Waals surface area contributed by atoms with Crippen molar-refractivity contribution in [3.8, 4) is 11.3 Å². The third kappa shape index (κ3) is 2.96. The Hall–Kier alpha value is -1.82. The first-order chi connectivity index (χ1) is 8.77. The fraction of sp³-hybridized carbons (Fsp3) is 0.0833. The van der Waals surface area contributed by atoms with E-state index in [1.54, 1.807) is 0 Å². The van der Waals surface area contributed by atoms with Gasteiger partial charge >= 0.3 is 6.18 Å². The van der Waals surface area contributed by atoms with Gasteiger partial charge in [0.1, 0.15) is 11.6 Å². The monoisotopic (exact) mass is 290 g/mol. The van der Waals surface area contributed by atoms with Gasteiger partial charge in [0.2, 0.25) is 0 Å². The van der Waals surface area contributed by atoms with Crippen LogP contribution in [0.5, 0.6) is 0 Å². The summed E-state index contributed by atoms with van der Waals surface area (Å²) in [6.45, 7) is 0. The van der Waals surface area contributed by atoms with Crippen molar-refractivity contribution in [2.45, 2.75) is 6.18 Å². The normalized spacial score (nSPS) is 11.6. The van der Waals surface area contributed by atoms with E-state index < -0.39 is 17.6 Å². The zero-order valence-electron chi connectivity index (χ0n) is 9.30. The van der Waals surface area contributed by atoms with Crippen molar-refractivity contribution >= 4 is 17.4 Å². The van der Waals surface area contributed by atoms with Crippen LogP contribution in [0, 0.1) is 5.82 Å². The fourth-order valence-corrected chi connectivity index (χ4v) is 1.71.